The number of Topliss-reactive ketones (excluding diaryl/α,β-unsaturated/α-hetero) is 1. The number of ketones is 1. The summed E-state index contributed by atoms with van der Waals surface area (Å²) in [5.41, 5.74) is -0.882. The summed E-state index contributed by atoms with van der Waals surface area (Å²) in [5.74, 6) is -0.653. The van der Waals surface area contributed by atoms with Crippen LogP contribution in [0.1, 0.15) is 123 Å². The molecule has 342 valence electrons. The zero-order chi connectivity index (χ0) is 45.5. The van der Waals surface area contributed by atoms with Gasteiger partial charge in [-0.15, -0.1) is 5.10 Å². The summed E-state index contributed by atoms with van der Waals surface area (Å²) in [6.07, 6.45) is 13.5. The van der Waals surface area contributed by atoms with Gasteiger partial charge in [0, 0.05) is 7.05 Å². The van der Waals surface area contributed by atoms with Gasteiger partial charge in [-0.3, -0.25) is 0 Å². The number of likely N-dealkylation sites (tertiary alicyclic amines) is 1. The molecule has 2 aromatic heterocycles. The molecule has 12 nitrogen and oxygen atoms in total. The van der Waals surface area contributed by atoms with Crippen LogP contribution >= 0.6 is 19.0 Å². The summed E-state index contributed by atoms with van der Waals surface area (Å²) >= 11 is 1.53. The third-order valence-corrected chi connectivity index (χ3v) is 21.2. The molecule has 3 aromatic rings. The van der Waals surface area contributed by atoms with Crippen molar-refractivity contribution in [3.8, 4) is 0 Å². The Labute approximate surface area is 378 Å². The quantitative estimate of drug-likeness (QED) is 0.0183. The number of hydrogen-bond acceptors (Lipinski definition) is 10. The van der Waals surface area contributed by atoms with Crippen LogP contribution < -0.4 is 10.4 Å². The molecule has 62 heavy (non-hydrogen) atoms. The van der Waals surface area contributed by atoms with Crippen molar-refractivity contribution in [2.24, 2.45) is 24.3 Å². The van der Waals surface area contributed by atoms with Gasteiger partial charge >= 0.3 is 347 Å². The summed E-state index contributed by atoms with van der Waals surface area (Å²) < 4.78 is 15.7. The van der Waals surface area contributed by atoms with E-state index in [1.165, 1.54) is 17.1 Å². The molecule has 0 N–H and O–H groups in total. The predicted octanol–water partition coefficient (Wildman–Crippen LogP) is 6.26. The number of carbonyl (C=O) groups excluding carboxylic acids is 3. The number of β-lactam (4-membered cyclic amide) rings is 1. The number of aromatic nitrogens is 6. The number of esters is 1. The molecule has 1 aliphatic heterocycles. The summed E-state index contributed by atoms with van der Waals surface area (Å²) in [4.78, 5) is 47.2. The Bertz CT molecular complexity index is 2160. The number of hydrogen-bond donors (Lipinski definition) is 0. The van der Waals surface area contributed by atoms with Crippen molar-refractivity contribution in [2.45, 2.75) is 143 Å². The van der Waals surface area contributed by atoms with E-state index in [0.29, 0.717) is 33.6 Å². The second kappa shape index (κ2) is 21.0. The summed E-state index contributed by atoms with van der Waals surface area (Å²) in [7, 11) is -0.168. The van der Waals surface area contributed by atoms with E-state index >= 15 is 4.79 Å². The first-order valence-corrected chi connectivity index (χ1v) is 27.3. The first kappa shape index (κ1) is 49.6. The first-order chi connectivity index (χ1) is 29.4. The Morgan fingerprint density at radius 1 is 1.05 bits per heavy atom. The fraction of sp³-hybridized carbons (Fsp3) is 0.638. The molecule has 1 aromatic carbocycles. The third kappa shape index (κ3) is 10.4. The van der Waals surface area contributed by atoms with E-state index in [2.05, 4.69) is 108 Å². The number of ether oxygens (including phenoxy) is 1. The van der Waals surface area contributed by atoms with Crippen molar-refractivity contribution in [1.29, 1.82) is 0 Å². The van der Waals surface area contributed by atoms with Crippen LogP contribution in [-0.2, 0) is 32.3 Å². The molecule has 3 heterocycles. The molecule has 4 atom stereocenters. The number of carbonyl (C=O) groups is 3. The number of benzene rings is 1. The van der Waals surface area contributed by atoms with Gasteiger partial charge < -0.3 is 0 Å². The molecule has 0 radical (unpaired) electrons. The molecule has 0 saturated carbocycles. The van der Waals surface area contributed by atoms with Gasteiger partial charge in [-0.2, -0.15) is 0 Å². The van der Waals surface area contributed by atoms with Crippen LogP contribution in [0.5, 0.6) is 0 Å². The van der Waals surface area contributed by atoms with Crippen molar-refractivity contribution in [1.82, 2.24) is 34.9 Å². The number of amides is 1. The van der Waals surface area contributed by atoms with Crippen LogP contribution in [-0.4, -0.2) is 111 Å². The van der Waals surface area contributed by atoms with Crippen LogP contribution in [0.4, 0.5) is 0 Å². The predicted molar refractivity (Wildman–Crippen MR) is 257 cm³/mol. The number of unbranched alkanes of at least 4 members (excludes halogenated alkanes) is 3. The average molecular weight is 908 g/mol. The fourth-order valence-electron chi connectivity index (χ4n) is 10.8. The standard InChI is InChI=1S/C47H74N7O5PSSi/c1-12-16-25-60(26-17-13-2,27-18-14-3)42-35-22-20-19-21-34(35)31-47(42,32-39(56)58-24-15-4)54-37(40(43(54)57)41(45(6,7)8)46(9,10)59-62)30-38(55)36-29-33(5)53(49-36)23-28-61-44-48-50-51-52(44)11/h15,19-22,29,31,37,40-41,60H,4,12-14,16-18,23-28,30,32H2,1-3,5-11,62H3/t37-,40-,41-,47?/m1/s1. The van der Waals surface area contributed by atoms with Crippen molar-refractivity contribution in [3.63, 3.8) is 0 Å². The molecule has 1 unspecified atom stereocenters. The third-order valence-electron chi connectivity index (χ3n) is 13.4. The molecular weight excluding hydrogens is 834 g/mol. The Hall–Kier alpha value is -3.45. The number of rotatable bonds is 25. The second-order valence-electron chi connectivity index (χ2n) is 19.2. The van der Waals surface area contributed by atoms with Gasteiger partial charge in [-0.05, 0) is 10.4 Å². The van der Waals surface area contributed by atoms with Crippen LogP contribution in [0, 0.1) is 24.2 Å². The monoisotopic (exact) mass is 907 g/mol. The molecule has 15 heteroatoms. The van der Waals surface area contributed by atoms with E-state index in [-0.39, 0.29) is 48.4 Å². The molecular formula is C47H74N7O5PSSi. The van der Waals surface area contributed by atoms with E-state index < -0.39 is 30.4 Å². The van der Waals surface area contributed by atoms with Gasteiger partial charge in [0.25, 0.3) is 0 Å². The van der Waals surface area contributed by atoms with Crippen molar-refractivity contribution < 1.29 is 23.5 Å². The number of tetrazole rings is 1. The van der Waals surface area contributed by atoms with E-state index in [4.69, 9.17) is 14.3 Å². The van der Waals surface area contributed by atoms with Gasteiger partial charge in [0.1, 0.15) is 0 Å². The topological polar surface area (TPSA) is 134 Å². The number of aryl methyl sites for hydroxylation is 3. The summed E-state index contributed by atoms with van der Waals surface area (Å²) in [5, 5.41) is 20.8. The van der Waals surface area contributed by atoms with E-state index in [1.54, 1.807) is 17.8 Å². The maximum absolute atomic E-state index is 15.8. The Balaban J connectivity index is 1.72. The second-order valence-corrected chi connectivity index (χ2v) is 25.2. The van der Waals surface area contributed by atoms with E-state index in [9.17, 15) is 9.59 Å². The van der Waals surface area contributed by atoms with Crippen LogP contribution in [0.3, 0.4) is 0 Å². The Kier molecular flexibility index (Phi) is 16.8. The Morgan fingerprint density at radius 2 is 1.69 bits per heavy atom. The SMILES string of the molecule is C=CCOC(=O)CC1(N2C(=O)[C@@H]([C@H](C(C)(C)C)C(C)(C)O[SiH3])[C@H]2CC(=O)c2cc(C)n(CCSc3nnnn3C)n2)C=c2ccccc2=C1[PH](CCCC)(CCCC)CCCC. The minimum absolute atomic E-state index is 0.0274. The summed E-state index contributed by atoms with van der Waals surface area (Å²) in [6, 6.07) is 9.83. The van der Waals surface area contributed by atoms with Gasteiger partial charge in [0.05, 0.1) is 0 Å². The van der Waals surface area contributed by atoms with Crippen LogP contribution in [0.2, 0.25) is 0 Å². The van der Waals surface area contributed by atoms with Crippen LogP contribution in [0.25, 0.3) is 11.4 Å². The Morgan fingerprint density at radius 3 is 2.26 bits per heavy atom. The zero-order valence-electron chi connectivity index (χ0n) is 39.5. The van der Waals surface area contributed by atoms with Gasteiger partial charge in [0.15, 0.2) is 0 Å². The molecule has 1 saturated heterocycles. The van der Waals surface area contributed by atoms with Crippen molar-refractivity contribution in [3.05, 3.63) is 64.8 Å². The minimum atomic E-state index is -2.46. The molecule has 1 fully saturated rings. The normalized spacial score (nSPS) is 19.9. The van der Waals surface area contributed by atoms with Gasteiger partial charge in [-0.25, -0.2) is 4.68 Å². The zero-order valence-corrected chi connectivity index (χ0v) is 43.3. The molecule has 0 spiro atoms. The average Bonchev–Trinajstić information content (AvgIpc) is 3.92. The van der Waals surface area contributed by atoms with Crippen LogP contribution in [0.15, 0.2) is 48.1 Å². The van der Waals surface area contributed by atoms with Gasteiger partial charge in [-0.1, -0.05) is 0 Å². The molecule has 5 rings (SSSR count). The summed E-state index contributed by atoms with van der Waals surface area (Å²) in [6.45, 7) is 23.9. The molecule has 2 aliphatic rings. The van der Waals surface area contributed by atoms with E-state index in [0.717, 1.165) is 73.1 Å². The molecule has 0 bridgehead atoms. The molecule has 1 amide bonds. The molecule has 1 aliphatic carbocycles. The number of fused-ring (bicyclic) bond motifs is 1. The number of nitrogens with zero attached hydrogens (tertiary/aromatic N) is 7. The van der Waals surface area contributed by atoms with Crippen molar-refractivity contribution in [2.75, 3.05) is 30.8 Å². The first-order valence-electron chi connectivity index (χ1n) is 22.9. The van der Waals surface area contributed by atoms with Gasteiger partial charge in [0.2, 0.25) is 5.16 Å². The van der Waals surface area contributed by atoms with E-state index in [1.807, 2.05) is 22.6 Å². The maximum atomic E-state index is 15.8. The number of thioether (sulfide) groups is 1. The fourth-order valence-corrected chi connectivity index (χ4v) is 18.4. The van der Waals surface area contributed by atoms with Crippen molar-refractivity contribution >= 4 is 58.6 Å².